The van der Waals surface area contributed by atoms with E-state index in [-0.39, 0.29) is 36.4 Å². The van der Waals surface area contributed by atoms with Gasteiger partial charge in [0.2, 0.25) is 11.8 Å². The molecule has 3 atom stereocenters. The van der Waals surface area contributed by atoms with Crippen LogP contribution < -0.4 is 5.32 Å². The topological polar surface area (TPSA) is 109 Å². The Bertz CT molecular complexity index is 1460. The Labute approximate surface area is 214 Å². The van der Waals surface area contributed by atoms with Crippen LogP contribution in [0.5, 0.6) is 0 Å². The van der Waals surface area contributed by atoms with E-state index in [2.05, 4.69) is 16.4 Å². The minimum atomic E-state index is -1.00. The number of amides is 3. The number of rotatable bonds is 5. The molecular weight excluding hydrogens is 473 g/mol. The number of benzene rings is 2. The maximum Gasteiger partial charge on any atom is 0.270 e. The van der Waals surface area contributed by atoms with Crippen molar-refractivity contribution in [2.45, 2.75) is 44.2 Å². The third kappa shape index (κ3) is 4.02. The summed E-state index contributed by atoms with van der Waals surface area (Å²) >= 11 is 0. The third-order valence-corrected chi connectivity index (χ3v) is 7.50. The molecule has 1 spiro atoms. The number of nitrogens with zero attached hydrogens (tertiary/aromatic N) is 3. The van der Waals surface area contributed by atoms with E-state index in [1.807, 2.05) is 38.1 Å². The summed E-state index contributed by atoms with van der Waals surface area (Å²) in [5.74, 6) is -1.35. The Kier molecular flexibility index (Phi) is 5.98. The molecule has 0 radical (unpaired) electrons. The lowest BCUT2D eigenvalue weighted by molar-refractivity contribution is -0.136. The maximum atomic E-state index is 14.0. The smallest absolute Gasteiger partial charge is 0.270 e. The van der Waals surface area contributed by atoms with Crippen molar-refractivity contribution in [3.05, 3.63) is 65.6 Å². The van der Waals surface area contributed by atoms with Crippen LogP contribution in [0.2, 0.25) is 0 Å². The number of carbonyl (C=O) groups excluding carboxylic acids is 3. The van der Waals surface area contributed by atoms with E-state index in [4.69, 9.17) is 0 Å². The maximum absolute atomic E-state index is 14.0. The largest absolute Gasteiger partial charge is 0.350 e. The van der Waals surface area contributed by atoms with Gasteiger partial charge in [-0.2, -0.15) is 5.26 Å². The van der Waals surface area contributed by atoms with Crippen molar-refractivity contribution in [1.82, 2.24) is 14.8 Å². The molecule has 2 N–H and O–H groups in total. The molecule has 3 heterocycles. The molecule has 0 saturated carbocycles. The molecule has 1 fully saturated rings. The summed E-state index contributed by atoms with van der Waals surface area (Å²) in [5.41, 5.74) is 1.20. The molecule has 0 aliphatic carbocycles. The van der Waals surface area contributed by atoms with Gasteiger partial charge < -0.3 is 20.1 Å². The lowest BCUT2D eigenvalue weighted by Gasteiger charge is -2.33. The Morgan fingerprint density at radius 2 is 2.00 bits per heavy atom. The first-order chi connectivity index (χ1) is 17.6. The Balaban J connectivity index is 1.46. The van der Waals surface area contributed by atoms with Crippen molar-refractivity contribution in [3.8, 4) is 6.07 Å². The highest BCUT2D eigenvalue weighted by molar-refractivity contribution is 6.07. The second kappa shape index (κ2) is 9.04. The van der Waals surface area contributed by atoms with Gasteiger partial charge in [-0.1, -0.05) is 32.0 Å². The minimum Gasteiger partial charge on any atom is -0.350 e. The molecule has 3 aromatic rings. The lowest BCUT2D eigenvalue weighted by Crippen LogP contribution is -2.52. The average Bonchev–Trinajstić information content (AvgIpc) is 3.55. The molecule has 8 nitrogen and oxygen atoms in total. The third-order valence-electron chi connectivity index (χ3n) is 7.50. The zero-order chi connectivity index (χ0) is 26.5. The normalized spacial score (nSPS) is 21.2. The molecule has 9 heteroatoms. The molecule has 2 aromatic carbocycles. The summed E-state index contributed by atoms with van der Waals surface area (Å²) in [5, 5.41) is 13.5. The van der Waals surface area contributed by atoms with Crippen molar-refractivity contribution >= 4 is 34.3 Å². The number of hydrogen-bond acceptors (Lipinski definition) is 4. The fourth-order valence-electron chi connectivity index (χ4n) is 5.59. The summed E-state index contributed by atoms with van der Waals surface area (Å²) in [6.07, 6.45) is 0.568. The first kappa shape index (κ1) is 24.5. The minimum absolute atomic E-state index is 0.0647. The van der Waals surface area contributed by atoms with E-state index in [1.165, 1.54) is 21.9 Å². The highest BCUT2D eigenvalue weighted by Crippen LogP contribution is 2.46. The van der Waals surface area contributed by atoms with Crippen LogP contribution in [0.1, 0.15) is 42.7 Å². The quantitative estimate of drug-likeness (QED) is 0.554. The van der Waals surface area contributed by atoms with Crippen molar-refractivity contribution < 1.29 is 18.8 Å². The monoisotopic (exact) mass is 501 g/mol. The van der Waals surface area contributed by atoms with Crippen LogP contribution in [0.3, 0.4) is 0 Å². The summed E-state index contributed by atoms with van der Waals surface area (Å²) in [7, 11) is 1.56. The first-order valence-electron chi connectivity index (χ1n) is 12.3. The van der Waals surface area contributed by atoms with Gasteiger partial charge in [0.1, 0.15) is 23.6 Å². The van der Waals surface area contributed by atoms with E-state index >= 15 is 0 Å². The van der Waals surface area contributed by atoms with Crippen molar-refractivity contribution in [1.29, 1.82) is 5.26 Å². The van der Waals surface area contributed by atoms with E-state index in [9.17, 15) is 24.0 Å². The highest BCUT2D eigenvalue weighted by atomic mass is 19.1. The zero-order valence-corrected chi connectivity index (χ0v) is 20.9. The number of anilines is 1. The lowest BCUT2D eigenvalue weighted by atomic mass is 9.80. The molecule has 1 unspecified atom stereocenters. The number of likely N-dealkylation sites (tertiary alicyclic amines) is 1. The average molecular weight is 502 g/mol. The SMILES string of the molecule is CC(C)CC(C(=O)N1C[C@]2(C[C@H]1C#N)C(=O)Nc1ccccc12)N(C)C(=O)c1cc2ccc(F)cc2[nH]1. The standard InChI is InChI=1S/C28H28FN5O3/c1-16(2)10-24(33(3)25(35)23-11-17-8-9-18(29)12-22(17)31-23)26(36)34-15-28(13-19(34)14-30)20-6-4-5-7-21(20)32-27(28)37/h4-9,11-12,16,19,24,31H,10,13,15H2,1-3H3,(H,32,37)/t19-,24?,28-/m0/s1. The number of fused-ring (bicyclic) bond motifs is 3. The van der Waals surface area contributed by atoms with Gasteiger partial charge in [0.05, 0.1) is 11.5 Å². The van der Waals surface area contributed by atoms with Crippen molar-refractivity contribution in [2.75, 3.05) is 18.9 Å². The predicted octanol–water partition coefficient (Wildman–Crippen LogP) is 3.81. The van der Waals surface area contributed by atoms with Crippen molar-refractivity contribution in [3.63, 3.8) is 0 Å². The molecule has 2 aliphatic heterocycles. The highest BCUT2D eigenvalue weighted by Gasteiger charge is 2.56. The molecule has 190 valence electrons. The summed E-state index contributed by atoms with van der Waals surface area (Å²) in [6.45, 7) is 3.98. The number of nitriles is 1. The van der Waals surface area contributed by atoms with Gasteiger partial charge in [-0.3, -0.25) is 14.4 Å². The second-order valence-corrected chi connectivity index (χ2v) is 10.4. The van der Waals surface area contributed by atoms with Gasteiger partial charge in [0.25, 0.3) is 5.91 Å². The Morgan fingerprint density at radius 1 is 1.24 bits per heavy atom. The molecule has 0 bridgehead atoms. The zero-order valence-electron chi connectivity index (χ0n) is 20.9. The summed E-state index contributed by atoms with van der Waals surface area (Å²) in [4.78, 5) is 46.4. The fourth-order valence-corrected chi connectivity index (χ4v) is 5.59. The van der Waals surface area contributed by atoms with Gasteiger partial charge in [0.15, 0.2) is 0 Å². The van der Waals surface area contributed by atoms with Crippen molar-refractivity contribution in [2.24, 2.45) is 5.92 Å². The number of aromatic amines is 1. The molecule has 2 aliphatic rings. The number of hydrogen-bond donors (Lipinski definition) is 2. The molecule has 1 aromatic heterocycles. The number of carbonyl (C=O) groups is 3. The van der Waals surface area contributed by atoms with E-state index in [0.29, 0.717) is 23.0 Å². The summed E-state index contributed by atoms with van der Waals surface area (Å²) in [6, 6.07) is 13.7. The number of likely N-dealkylation sites (N-methyl/N-ethyl adjacent to an activating group) is 1. The van der Waals surface area contributed by atoms with Gasteiger partial charge in [-0.05, 0) is 48.2 Å². The van der Waals surface area contributed by atoms with E-state index in [1.54, 1.807) is 19.2 Å². The van der Waals surface area contributed by atoms with Crippen LogP contribution >= 0.6 is 0 Å². The molecule has 3 amide bonds. The number of aromatic nitrogens is 1. The van der Waals surface area contributed by atoms with Gasteiger partial charge in [0, 0.05) is 36.6 Å². The van der Waals surface area contributed by atoms with Crippen LogP contribution in [0, 0.1) is 23.1 Å². The number of H-pyrrole nitrogens is 1. The summed E-state index contributed by atoms with van der Waals surface area (Å²) < 4.78 is 13.7. The molecule has 37 heavy (non-hydrogen) atoms. The van der Waals surface area contributed by atoms with E-state index in [0.717, 1.165) is 5.56 Å². The molecular formula is C28H28FN5O3. The second-order valence-electron chi connectivity index (χ2n) is 10.4. The van der Waals surface area contributed by atoms with Crippen LogP contribution in [0.15, 0.2) is 48.5 Å². The Hall–Kier alpha value is -4.19. The Morgan fingerprint density at radius 3 is 2.73 bits per heavy atom. The molecule has 1 saturated heterocycles. The fraction of sp³-hybridized carbons (Fsp3) is 0.357. The van der Waals surface area contributed by atoms with Gasteiger partial charge >= 0.3 is 0 Å². The molecule has 5 rings (SSSR count). The van der Waals surface area contributed by atoms with Crippen LogP contribution in [-0.4, -0.2) is 58.2 Å². The van der Waals surface area contributed by atoms with E-state index < -0.39 is 29.2 Å². The van der Waals surface area contributed by atoms with Gasteiger partial charge in [-0.15, -0.1) is 0 Å². The number of para-hydroxylation sites is 1. The van der Waals surface area contributed by atoms with Crippen LogP contribution in [0.25, 0.3) is 10.9 Å². The van der Waals surface area contributed by atoms with Crippen LogP contribution in [0.4, 0.5) is 10.1 Å². The van der Waals surface area contributed by atoms with Gasteiger partial charge in [-0.25, -0.2) is 4.39 Å². The number of halogens is 1. The van der Waals surface area contributed by atoms with Crippen LogP contribution in [-0.2, 0) is 15.0 Å². The number of nitrogens with one attached hydrogen (secondary N) is 2. The predicted molar refractivity (Wildman–Crippen MR) is 136 cm³/mol. The first-order valence-corrected chi connectivity index (χ1v) is 12.3.